The van der Waals surface area contributed by atoms with E-state index in [-0.39, 0.29) is 5.82 Å². The van der Waals surface area contributed by atoms with E-state index >= 15 is 0 Å². The predicted molar refractivity (Wildman–Crippen MR) is 83.2 cm³/mol. The summed E-state index contributed by atoms with van der Waals surface area (Å²) in [6.45, 7) is 3.98. The van der Waals surface area contributed by atoms with Crippen LogP contribution in [0, 0.1) is 5.82 Å². The van der Waals surface area contributed by atoms with Crippen molar-refractivity contribution in [2.24, 2.45) is 0 Å². The van der Waals surface area contributed by atoms with E-state index in [9.17, 15) is 4.39 Å². The van der Waals surface area contributed by atoms with Gasteiger partial charge in [0.2, 0.25) is 0 Å². The van der Waals surface area contributed by atoms with E-state index in [0.717, 1.165) is 37.5 Å². The van der Waals surface area contributed by atoms with Gasteiger partial charge in [0.25, 0.3) is 0 Å². The third-order valence-corrected chi connectivity index (χ3v) is 4.52. The first-order valence-corrected chi connectivity index (χ1v) is 7.71. The number of likely N-dealkylation sites (N-methyl/N-ethyl adjacent to an activating group) is 2. The minimum Gasteiger partial charge on any atom is -0.325 e. The molecule has 0 bridgehead atoms. The molecule has 1 aliphatic rings. The van der Waals surface area contributed by atoms with Crippen LogP contribution in [0.25, 0.3) is 11.0 Å². The largest absolute Gasteiger partial charge is 0.325 e. The van der Waals surface area contributed by atoms with Crippen LogP contribution in [0.3, 0.4) is 0 Å². The van der Waals surface area contributed by atoms with Crippen molar-refractivity contribution < 1.29 is 4.39 Å². The van der Waals surface area contributed by atoms with Crippen LogP contribution in [-0.2, 0) is 12.4 Å². The Morgan fingerprint density at radius 1 is 1.33 bits per heavy atom. The van der Waals surface area contributed by atoms with Crippen LogP contribution in [-0.4, -0.2) is 59.1 Å². The second-order valence-electron chi connectivity index (χ2n) is 5.80. The van der Waals surface area contributed by atoms with E-state index < -0.39 is 0 Å². The molecule has 0 saturated carbocycles. The van der Waals surface area contributed by atoms with Crippen LogP contribution in [0.4, 0.5) is 4.39 Å². The van der Waals surface area contributed by atoms with Crippen molar-refractivity contribution >= 4 is 22.6 Å². The average molecular weight is 311 g/mol. The molecule has 6 heteroatoms. The van der Waals surface area contributed by atoms with Crippen molar-refractivity contribution in [3.8, 4) is 0 Å². The van der Waals surface area contributed by atoms with Crippen LogP contribution in [0.5, 0.6) is 0 Å². The van der Waals surface area contributed by atoms with Crippen molar-refractivity contribution in [3.05, 3.63) is 29.8 Å². The molecule has 21 heavy (non-hydrogen) atoms. The van der Waals surface area contributed by atoms with Crippen LogP contribution < -0.4 is 0 Å². The molecule has 0 amide bonds. The lowest BCUT2D eigenvalue weighted by Gasteiger charge is -2.38. The van der Waals surface area contributed by atoms with E-state index in [1.54, 1.807) is 6.07 Å². The maximum atomic E-state index is 13.4. The third kappa shape index (κ3) is 2.91. The van der Waals surface area contributed by atoms with E-state index in [1.807, 2.05) is 0 Å². The zero-order valence-corrected chi connectivity index (χ0v) is 13.1. The summed E-state index contributed by atoms with van der Waals surface area (Å²) >= 11 is 6.02. The predicted octanol–water partition coefficient (Wildman–Crippen LogP) is 2.16. The molecule has 1 fully saturated rings. The molecule has 1 aromatic carbocycles. The lowest BCUT2D eigenvalue weighted by Crippen LogP contribution is -2.51. The minimum atomic E-state index is -0.261. The highest BCUT2D eigenvalue weighted by Crippen LogP contribution is 2.21. The number of imidazole rings is 1. The van der Waals surface area contributed by atoms with Crippen molar-refractivity contribution in [2.75, 3.05) is 33.7 Å². The number of hydrogen-bond donors (Lipinski definition) is 0. The van der Waals surface area contributed by atoms with E-state index in [0.29, 0.717) is 17.4 Å². The summed E-state index contributed by atoms with van der Waals surface area (Å²) in [6, 6.07) is 5.15. The summed E-state index contributed by atoms with van der Waals surface area (Å²) in [6.07, 6.45) is 0. The molecular formula is C15H20ClFN4. The lowest BCUT2D eigenvalue weighted by molar-refractivity contribution is 0.103. The van der Waals surface area contributed by atoms with Gasteiger partial charge in [-0.25, -0.2) is 9.37 Å². The van der Waals surface area contributed by atoms with Gasteiger partial charge in [0.05, 0.1) is 16.9 Å². The summed E-state index contributed by atoms with van der Waals surface area (Å²) in [5.41, 5.74) is 1.63. The first-order valence-electron chi connectivity index (χ1n) is 7.18. The normalized spacial score (nSPS) is 21.2. The van der Waals surface area contributed by atoms with Crippen LogP contribution >= 0.6 is 11.6 Å². The second-order valence-corrected chi connectivity index (χ2v) is 6.07. The van der Waals surface area contributed by atoms with Crippen LogP contribution in [0.2, 0.25) is 0 Å². The zero-order chi connectivity index (χ0) is 15.0. The molecule has 1 aliphatic heterocycles. The topological polar surface area (TPSA) is 24.3 Å². The number of piperazine rings is 1. The molecule has 1 saturated heterocycles. The molecular weight excluding hydrogens is 291 g/mol. The number of alkyl halides is 1. The molecule has 2 aromatic rings. The van der Waals surface area contributed by atoms with Crippen LogP contribution in [0.1, 0.15) is 5.82 Å². The molecule has 0 N–H and O–H groups in total. The first-order chi connectivity index (χ1) is 10.1. The molecule has 0 spiro atoms. The van der Waals surface area contributed by atoms with E-state index in [2.05, 4.69) is 33.4 Å². The van der Waals surface area contributed by atoms with E-state index in [4.69, 9.17) is 11.6 Å². The number of benzene rings is 1. The van der Waals surface area contributed by atoms with Gasteiger partial charge in [0.1, 0.15) is 11.6 Å². The zero-order valence-electron chi connectivity index (χ0n) is 12.4. The van der Waals surface area contributed by atoms with Gasteiger partial charge in [-0.3, -0.25) is 4.90 Å². The summed E-state index contributed by atoms with van der Waals surface area (Å²) < 4.78 is 15.5. The fourth-order valence-corrected chi connectivity index (χ4v) is 3.17. The smallest absolute Gasteiger partial charge is 0.125 e. The Balaban J connectivity index is 1.95. The molecule has 0 radical (unpaired) electrons. The summed E-state index contributed by atoms with van der Waals surface area (Å²) in [7, 11) is 4.29. The Labute approximate surface area is 129 Å². The quantitative estimate of drug-likeness (QED) is 0.812. The lowest BCUT2D eigenvalue weighted by atomic mass is 10.2. The highest BCUT2D eigenvalue weighted by Gasteiger charge is 2.24. The fraction of sp³-hybridized carbons (Fsp3) is 0.533. The van der Waals surface area contributed by atoms with Gasteiger partial charge < -0.3 is 9.47 Å². The Kier molecular flexibility index (Phi) is 4.15. The van der Waals surface area contributed by atoms with Gasteiger partial charge in [-0.15, -0.1) is 11.6 Å². The van der Waals surface area contributed by atoms with Gasteiger partial charge in [0, 0.05) is 38.3 Å². The molecule has 1 atom stereocenters. The van der Waals surface area contributed by atoms with E-state index in [1.165, 1.54) is 12.1 Å². The van der Waals surface area contributed by atoms with Crippen molar-refractivity contribution in [2.45, 2.75) is 18.5 Å². The maximum absolute atomic E-state index is 13.4. The SMILES string of the molecule is CN1CCN(C)C(Cn2c(CCl)nc3cc(F)ccc32)C1. The second kappa shape index (κ2) is 5.91. The van der Waals surface area contributed by atoms with Gasteiger partial charge in [-0.05, 0) is 26.2 Å². The Bertz CT molecular complexity index is 642. The Morgan fingerprint density at radius 2 is 2.14 bits per heavy atom. The highest BCUT2D eigenvalue weighted by molar-refractivity contribution is 6.16. The van der Waals surface area contributed by atoms with Crippen molar-refractivity contribution in [1.82, 2.24) is 19.4 Å². The monoisotopic (exact) mass is 310 g/mol. The van der Waals surface area contributed by atoms with Gasteiger partial charge >= 0.3 is 0 Å². The molecule has 1 aromatic heterocycles. The standard InChI is InChI=1S/C15H20ClFN4/c1-19-5-6-20(2)12(9-19)10-21-14-4-3-11(17)7-13(14)18-15(21)8-16/h3-4,7,12H,5-6,8-10H2,1-2H3. The Morgan fingerprint density at radius 3 is 2.90 bits per heavy atom. The molecule has 114 valence electrons. The number of aromatic nitrogens is 2. The first kappa shape index (κ1) is 14.8. The maximum Gasteiger partial charge on any atom is 0.125 e. The molecule has 2 heterocycles. The highest BCUT2D eigenvalue weighted by atomic mass is 35.5. The number of halogens is 2. The molecule has 3 rings (SSSR count). The molecule has 1 unspecified atom stereocenters. The number of rotatable bonds is 3. The Hall–Kier alpha value is -1.17. The van der Waals surface area contributed by atoms with Crippen LogP contribution in [0.15, 0.2) is 18.2 Å². The van der Waals surface area contributed by atoms with Crippen molar-refractivity contribution in [1.29, 1.82) is 0 Å². The average Bonchev–Trinajstić information content (AvgIpc) is 2.80. The van der Waals surface area contributed by atoms with Gasteiger partial charge in [-0.2, -0.15) is 0 Å². The minimum absolute atomic E-state index is 0.261. The van der Waals surface area contributed by atoms with Gasteiger partial charge in [-0.1, -0.05) is 0 Å². The van der Waals surface area contributed by atoms with Crippen molar-refractivity contribution in [3.63, 3.8) is 0 Å². The van der Waals surface area contributed by atoms with Gasteiger partial charge in [0.15, 0.2) is 0 Å². The number of hydrogen-bond acceptors (Lipinski definition) is 3. The third-order valence-electron chi connectivity index (χ3n) is 4.28. The number of nitrogens with zero attached hydrogens (tertiary/aromatic N) is 4. The number of fused-ring (bicyclic) bond motifs is 1. The summed E-state index contributed by atoms with van der Waals surface area (Å²) in [5.74, 6) is 0.879. The molecule has 0 aliphatic carbocycles. The summed E-state index contributed by atoms with van der Waals surface area (Å²) in [4.78, 5) is 9.17. The molecule has 4 nitrogen and oxygen atoms in total. The summed E-state index contributed by atoms with van der Waals surface area (Å²) in [5, 5.41) is 0. The fourth-order valence-electron chi connectivity index (χ4n) is 2.97.